The van der Waals surface area contributed by atoms with Crippen LogP contribution in [-0.4, -0.2) is 18.5 Å². The normalized spacial score (nSPS) is 9.82. The van der Waals surface area contributed by atoms with Crippen LogP contribution in [0, 0.1) is 5.41 Å². The van der Waals surface area contributed by atoms with Crippen molar-refractivity contribution in [1.82, 2.24) is 5.32 Å². The van der Waals surface area contributed by atoms with Gasteiger partial charge in [0.25, 0.3) is 0 Å². The molecule has 0 aliphatic rings. The number of halogens is 2. The molecule has 1 aromatic carbocycles. The summed E-state index contributed by atoms with van der Waals surface area (Å²) in [6, 6.07) is 4.30. The summed E-state index contributed by atoms with van der Waals surface area (Å²) in [5, 5.41) is 10.0. The lowest BCUT2D eigenvalue weighted by Crippen LogP contribution is -2.45. The second-order valence-electron chi connectivity index (χ2n) is 3.18. The highest BCUT2D eigenvalue weighted by atomic mass is 35.5. The van der Waals surface area contributed by atoms with Gasteiger partial charge in [-0.2, -0.15) is 0 Å². The fourth-order valence-electron chi connectivity index (χ4n) is 1.31. The third kappa shape index (κ3) is 3.51. The Labute approximate surface area is 109 Å². The van der Waals surface area contributed by atoms with Crippen LogP contribution in [0.2, 0.25) is 10.0 Å². The van der Waals surface area contributed by atoms with Crippen LogP contribution in [0.4, 0.5) is 10.5 Å². The molecule has 5 nitrogen and oxygen atoms in total. The zero-order chi connectivity index (χ0) is 13.0. The first-order valence-electron chi connectivity index (χ1n) is 4.83. The lowest BCUT2D eigenvalue weighted by Gasteiger charge is -2.22. The number of anilines is 1. The number of benzene rings is 1. The number of nitrogens with one attached hydrogen (secondary N) is 2. The van der Waals surface area contributed by atoms with Crippen molar-refractivity contribution in [1.29, 1.82) is 5.41 Å². The quantitative estimate of drug-likeness (QED) is 0.572. The van der Waals surface area contributed by atoms with Gasteiger partial charge in [-0.25, -0.2) is 4.79 Å². The summed E-state index contributed by atoms with van der Waals surface area (Å²) in [5.74, 6) is -0.418. The Morgan fingerprint density at radius 2 is 2.18 bits per heavy atom. The van der Waals surface area contributed by atoms with Gasteiger partial charge < -0.3 is 5.73 Å². The highest BCUT2D eigenvalue weighted by Crippen LogP contribution is 2.28. The number of urea groups is 1. The molecule has 0 aromatic heterocycles. The van der Waals surface area contributed by atoms with E-state index in [1.54, 1.807) is 25.1 Å². The number of nitrogens with zero attached hydrogens (tertiary/aromatic N) is 1. The maximum Gasteiger partial charge on any atom is 0.328 e. The minimum absolute atomic E-state index is 0.359. The number of guanidine groups is 1. The monoisotopic (exact) mass is 274 g/mol. The summed E-state index contributed by atoms with van der Waals surface area (Å²) in [5.41, 5.74) is 5.61. The number of nitrogens with two attached hydrogens (primary N) is 1. The molecule has 0 fully saturated rings. The van der Waals surface area contributed by atoms with Crippen molar-refractivity contribution in [3.63, 3.8) is 0 Å². The maximum absolute atomic E-state index is 11.7. The van der Waals surface area contributed by atoms with Gasteiger partial charge in [0.1, 0.15) is 0 Å². The molecule has 17 heavy (non-hydrogen) atoms. The Kier molecular flexibility index (Phi) is 4.60. The molecular weight excluding hydrogens is 263 g/mol. The van der Waals surface area contributed by atoms with Gasteiger partial charge in [0.05, 0.1) is 10.7 Å². The van der Waals surface area contributed by atoms with Gasteiger partial charge in [0.2, 0.25) is 0 Å². The molecule has 92 valence electrons. The minimum atomic E-state index is -0.510. The molecule has 0 saturated carbocycles. The number of carbonyl (C=O) groups is 1. The van der Waals surface area contributed by atoms with Crippen LogP contribution in [0.25, 0.3) is 0 Å². The first-order valence-corrected chi connectivity index (χ1v) is 5.59. The van der Waals surface area contributed by atoms with E-state index in [4.69, 9.17) is 34.3 Å². The summed E-state index contributed by atoms with van der Waals surface area (Å²) >= 11 is 11.8. The first kappa shape index (κ1) is 13.6. The summed E-state index contributed by atoms with van der Waals surface area (Å²) < 4.78 is 0. The zero-order valence-electron chi connectivity index (χ0n) is 9.13. The van der Waals surface area contributed by atoms with Gasteiger partial charge in [-0.3, -0.25) is 15.6 Å². The molecule has 1 aromatic rings. The second kappa shape index (κ2) is 5.75. The van der Waals surface area contributed by atoms with Gasteiger partial charge in [-0.15, -0.1) is 0 Å². The van der Waals surface area contributed by atoms with Gasteiger partial charge in [0.15, 0.2) is 5.96 Å². The van der Waals surface area contributed by atoms with E-state index in [0.29, 0.717) is 22.3 Å². The summed E-state index contributed by atoms with van der Waals surface area (Å²) in [6.07, 6.45) is 0. The van der Waals surface area contributed by atoms with Crippen LogP contribution < -0.4 is 16.0 Å². The third-order valence-electron chi connectivity index (χ3n) is 2.00. The van der Waals surface area contributed by atoms with E-state index >= 15 is 0 Å². The van der Waals surface area contributed by atoms with Gasteiger partial charge in [-0.1, -0.05) is 23.2 Å². The first-order chi connectivity index (χ1) is 7.95. The molecule has 0 spiro atoms. The Hall–Kier alpha value is -1.46. The number of hydrogen-bond donors (Lipinski definition) is 3. The van der Waals surface area contributed by atoms with Crippen LogP contribution in [0.3, 0.4) is 0 Å². The van der Waals surface area contributed by atoms with E-state index in [1.165, 1.54) is 4.90 Å². The number of hydrogen-bond acceptors (Lipinski definition) is 2. The number of carbonyl (C=O) groups excluding carboxylic acids is 1. The van der Waals surface area contributed by atoms with Crippen molar-refractivity contribution in [2.45, 2.75) is 6.92 Å². The summed E-state index contributed by atoms with van der Waals surface area (Å²) in [4.78, 5) is 13.1. The van der Waals surface area contributed by atoms with E-state index in [0.717, 1.165) is 0 Å². The molecule has 0 aliphatic heterocycles. The van der Waals surface area contributed by atoms with Gasteiger partial charge in [-0.05, 0) is 25.1 Å². The van der Waals surface area contributed by atoms with Gasteiger partial charge >= 0.3 is 6.03 Å². The fraction of sp³-hybridized carbons (Fsp3) is 0.200. The van der Waals surface area contributed by atoms with Crippen molar-refractivity contribution >= 4 is 40.9 Å². The molecular formula is C10H12Cl2N4O. The van der Waals surface area contributed by atoms with E-state index < -0.39 is 12.0 Å². The Bertz CT molecular complexity index is 450. The molecule has 0 radical (unpaired) electrons. The lowest BCUT2D eigenvalue weighted by atomic mass is 10.3. The van der Waals surface area contributed by atoms with E-state index in [2.05, 4.69) is 5.32 Å². The van der Waals surface area contributed by atoms with Crippen molar-refractivity contribution in [3.05, 3.63) is 28.2 Å². The van der Waals surface area contributed by atoms with Crippen LogP contribution in [0.5, 0.6) is 0 Å². The third-order valence-corrected chi connectivity index (χ3v) is 2.54. The average Bonchev–Trinajstić information content (AvgIpc) is 2.21. The van der Waals surface area contributed by atoms with Crippen molar-refractivity contribution in [3.8, 4) is 0 Å². The molecule has 0 saturated heterocycles. The highest BCUT2D eigenvalue weighted by molar-refractivity contribution is 6.36. The summed E-state index contributed by atoms with van der Waals surface area (Å²) in [7, 11) is 0. The number of rotatable bonds is 2. The second-order valence-corrected chi connectivity index (χ2v) is 4.03. The standard InChI is InChI=1S/C10H12Cl2N4O/c1-2-16(10(17)15-9(13)14)8-4-3-6(11)5-7(8)12/h3-5H,2H2,1H3,(H4,13,14,15,17). The molecule has 2 amide bonds. The minimum Gasteiger partial charge on any atom is -0.370 e. The highest BCUT2D eigenvalue weighted by Gasteiger charge is 2.17. The van der Waals surface area contributed by atoms with Crippen LogP contribution in [0.15, 0.2) is 18.2 Å². The average molecular weight is 275 g/mol. The van der Waals surface area contributed by atoms with Crippen LogP contribution in [0.1, 0.15) is 6.92 Å². The maximum atomic E-state index is 11.7. The van der Waals surface area contributed by atoms with Crippen LogP contribution >= 0.6 is 23.2 Å². The Balaban J connectivity index is 3.01. The van der Waals surface area contributed by atoms with E-state index in [-0.39, 0.29) is 0 Å². The predicted octanol–water partition coefficient (Wildman–Crippen LogP) is 2.42. The molecule has 1 rings (SSSR count). The molecule has 7 heteroatoms. The predicted molar refractivity (Wildman–Crippen MR) is 69.9 cm³/mol. The molecule has 0 atom stereocenters. The topological polar surface area (TPSA) is 82.2 Å². The van der Waals surface area contributed by atoms with Crippen molar-refractivity contribution < 1.29 is 4.79 Å². The number of amides is 2. The van der Waals surface area contributed by atoms with E-state index in [9.17, 15) is 4.79 Å². The molecule has 0 aliphatic carbocycles. The lowest BCUT2D eigenvalue weighted by molar-refractivity contribution is 0.250. The molecule has 0 bridgehead atoms. The largest absolute Gasteiger partial charge is 0.370 e. The Morgan fingerprint density at radius 3 is 2.65 bits per heavy atom. The van der Waals surface area contributed by atoms with Gasteiger partial charge in [0, 0.05) is 11.6 Å². The SMILES string of the molecule is CCN(C(=O)NC(=N)N)c1ccc(Cl)cc1Cl. The molecule has 0 heterocycles. The Morgan fingerprint density at radius 1 is 1.53 bits per heavy atom. The van der Waals surface area contributed by atoms with Crippen molar-refractivity contribution in [2.75, 3.05) is 11.4 Å². The smallest absolute Gasteiger partial charge is 0.328 e. The van der Waals surface area contributed by atoms with Crippen molar-refractivity contribution in [2.24, 2.45) is 5.73 Å². The fourth-order valence-corrected chi connectivity index (χ4v) is 1.82. The molecule has 4 N–H and O–H groups in total. The van der Waals surface area contributed by atoms with E-state index in [1.807, 2.05) is 0 Å². The summed E-state index contributed by atoms with van der Waals surface area (Å²) in [6.45, 7) is 2.17. The molecule has 0 unspecified atom stereocenters. The van der Waals surface area contributed by atoms with Crippen LogP contribution in [-0.2, 0) is 0 Å². The zero-order valence-corrected chi connectivity index (χ0v) is 10.6.